The summed E-state index contributed by atoms with van der Waals surface area (Å²) in [5.74, 6) is 1.38. The van der Waals surface area contributed by atoms with Crippen LogP contribution in [-0.4, -0.2) is 35.4 Å². The highest BCUT2D eigenvalue weighted by Gasteiger charge is 2.11. The number of aryl methyl sites for hydroxylation is 1. The first kappa shape index (κ1) is 15.3. The van der Waals surface area contributed by atoms with Crippen LogP contribution in [0.5, 0.6) is 11.5 Å². The van der Waals surface area contributed by atoms with Gasteiger partial charge in [0.05, 0.1) is 31.8 Å². The molecule has 2 aromatic heterocycles. The summed E-state index contributed by atoms with van der Waals surface area (Å²) in [6.45, 7) is 0.659. The van der Waals surface area contributed by atoms with Crippen molar-refractivity contribution in [3.05, 3.63) is 42.2 Å². The fraction of sp³-hybridized carbons (Fsp3) is 0.294. The van der Waals surface area contributed by atoms with Crippen molar-refractivity contribution in [2.45, 2.75) is 12.8 Å². The van der Waals surface area contributed by atoms with Crippen LogP contribution in [-0.2, 0) is 6.42 Å². The summed E-state index contributed by atoms with van der Waals surface area (Å²) in [5.41, 5.74) is 9.27. The molecular weight excluding hydrogens is 292 g/mol. The van der Waals surface area contributed by atoms with Gasteiger partial charge in [0.1, 0.15) is 0 Å². The van der Waals surface area contributed by atoms with Crippen molar-refractivity contribution in [2.24, 2.45) is 5.73 Å². The normalized spacial score (nSPS) is 10.9. The number of methoxy groups -OCH3 is 2. The largest absolute Gasteiger partial charge is 0.493 e. The second kappa shape index (κ2) is 6.66. The van der Waals surface area contributed by atoms with Gasteiger partial charge in [-0.15, -0.1) is 0 Å². The Labute approximate surface area is 134 Å². The maximum Gasteiger partial charge on any atom is 0.161 e. The Morgan fingerprint density at radius 1 is 1.09 bits per heavy atom. The molecule has 6 heteroatoms. The third kappa shape index (κ3) is 2.98. The molecule has 0 spiro atoms. The van der Waals surface area contributed by atoms with Crippen molar-refractivity contribution >= 4 is 5.65 Å². The molecule has 0 unspecified atom stereocenters. The molecular formula is C17H20N4O2. The summed E-state index contributed by atoms with van der Waals surface area (Å²) in [5, 5.41) is 4.67. The molecule has 0 aliphatic carbocycles. The zero-order chi connectivity index (χ0) is 16.2. The van der Waals surface area contributed by atoms with E-state index in [9.17, 15) is 0 Å². The van der Waals surface area contributed by atoms with Crippen LogP contribution in [0.15, 0.2) is 36.5 Å². The number of rotatable bonds is 6. The van der Waals surface area contributed by atoms with Crippen LogP contribution in [0.1, 0.15) is 12.1 Å². The van der Waals surface area contributed by atoms with E-state index in [2.05, 4.69) is 10.1 Å². The van der Waals surface area contributed by atoms with Crippen LogP contribution in [0.2, 0.25) is 0 Å². The SMILES string of the molecule is COc1ccc(-c2cnc3ccc(CCCN)nn23)cc1OC. The number of fused-ring (bicyclic) bond motifs is 1. The van der Waals surface area contributed by atoms with Gasteiger partial charge in [0, 0.05) is 5.56 Å². The van der Waals surface area contributed by atoms with Crippen LogP contribution >= 0.6 is 0 Å². The van der Waals surface area contributed by atoms with Crippen LogP contribution in [0, 0.1) is 0 Å². The van der Waals surface area contributed by atoms with E-state index in [1.54, 1.807) is 14.2 Å². The number of hydrogen-bond donors (Lipinski definition) is 1. The smallest absolute Gasteiger partial charge is 0.161 e. The Kier molecular flexibility index (Phi) is 4.43. The third-order valence-electron chi connectivity index (χ3n) is 3.73. The van der Waals surface area contributed by atoms with Crippen LogP contribution in [0.4, 0.5) is 0 Å². The maximum atomic E-state index is 5.58. The van der Waals surface area contributed by atoms with Crippen molar-refractivity contribution in [2.75, 3.05) is 20.8 Å². The Hall–Kier alpha value is -2.60. The molecule has 0 aliphatic rings. The van der Waals surface area contributed by atoms with Gasteiger partial charge in [0.15, 0.2) is 17.1 Å². The number of nitrogens with two attached hydrogens (primary N) is 1. The average molecular weight is 312 g/mol. The van der Waals surface area contributed by atoms with Crippen LogP contribution in [0.3, 0.4) is 0 Å². The molecule has 1 aromatic carbocycles. The quantitative estimate of drug-likeness (QED) is 0.756. The highest BCUT2D eigenvalue weighted by atomic mass is 16.5. The lowest BCUT2D eigenvalue weighted by Crippen LogP contribution is -2.04. The highest BCUT2D eigenvalue weighted by molar-refractivity contribution is 5.66. The molecule has 0 amide bonds. The topological polar surface area (TPSA) is 74.7 Å². The van der Waals surface area contributed by atoms with E-state index in [4.69, 9.17) is 15.2 Å². The Balaban J connectivity index is 2.05. The van der Waals surface area contributed by atoms with E-state index in [-0.39, 0.29) is 0 Å². The number of nitrogens with zero attached hydrogens (tertiary/aromatic N) is 3. The van der Waals surface area contributed by atoms with Crippen molar-refractivity contribution in [3.63, 3.8) is 0 Å². The first-order valence-corrected chi connectivity index (χ1v) is 7.53. The van der Waals surface area contributed by atoms with Crippen molar-refractivity contribution in [3.8, 4) is 22.8 Å². The molecule has 120 valence electrons. The molecule has 2 N–H and O–H groups in total. The predicted octanol–water partition coefficient (Wildman–Crippen LogP) is 2.30. The zero-order valence-electron chi connectivity index (χ0n) is 13.3. The minimum Gasteiger partial charge on any atom is -0.493 e. The minimum atomic E-state index is 0.659. The lowest BCUT2D eigenvalue weighted by atomic mass is 10.1. The molecule has 3 rings (SSSR count). The lowest BCUT2D eigenvalue weighted by molar-refractivity contribution is 0.355. The number of benzene rings is 1. The predicted molar refractivity (Wildman–Crippen MR) is 88.9 cm³/mol. The highest BCUT2D eigenvalue weighted by Crippen LogP contribution is 2.32. The van der Waals surface area contributed by atoms with Crippen LogP contribution < -0.4 is 15.2 Å². The monoisotopic (exact) mass is 312 g/mol. The average Bonchev–Trinajstić information content (AvgIpc) is 3.02. The Morgan fingerprint density at radius 2 is 1.91 bits per heavy atom. The number of imidazole rings is 1. The standard InChI is InChI=1S/C17H20N4O2/c1-22-15-7-5-12(10-16(15)23-2)14-11-19-17-8-6-13(4-3-9-18)20-21(14)17/h5-8,10-11H,3-4,9,18H2,1-2H3. The van der Waals surface area contributed by atoms with Crippen molar-refractivity contribution in [1.29, 1.82) is 0 Å². The fourth-order valence-corrected chi connectivity index (χ4v) is 2.52. The van der Waals surface area contributed by atoms with E-state index < -0.39 is 0 Å². The van der Waals surface area contributed by atoms with Gasteiger partial charge in [-0.05, 0) is 49.7 Å². The van der Waals surface area contributed by atoms with Gasteiger partial charge in [-0.2, -0.15) is 5.10 Å². The number of ether oxygens (including phenoxy) is 2. The fourth-order valence-electron chi connectivity index (χ4n) is 2.52. The van der Waals surface area contributed by atoms with Crippen molar-refractivity contribution < 1.29 is 9.47 Å². The van der Waals surface area contributed by atoms with Gasteiger partial charge in [0.2, 0.25) is 0 Å². The second-order valence-electron chi connectivity index (χ2n) is 5.20. The van der Waals surface area contributed by atoms with E-state index in [0.29, 0.717) is 18.0 Å². The summed E-state index contributed by atoms with van der Waals surface area (Å²) < 4.78 is 12.5. The molecule has 2 heterocycles. The van der Waals surface area contributed by atoms with Gasteiger partial charge < -0.3 is 15.2 Å². The van der Waals surface area contributed by atoms with Gasteiger partial charge in [-0.3, -0.25) is 0 Å². The summed E-state index contributed by atoms with van der Waals surface area (Å²) in [7, 11) is 3.25. The molecule has 6 nitrogen and oxygen atoms in total. The van der Waals surface area contributed by atoms with Crippen LogP contribution in [0.25, 0.3) is 16.9 Å². The second-order valence-corrected chi connectivity index (χ2v) is 5.20. The molecule has 0 aliphatic heterocycles. The summed E-state index contributed by atoms with van der Waals surface area (Å²) in [6.07, 6.45) is 3.59. The van der Waals surface area contributed by atoms with E-state index >= 15 is 0 Å². The molecule has 0 radical (unpaired) electrons. The minimum absolute atomic E-state index is 0.659. The zero-order valence-corrected chi connectivity index (χ0v) is 13.3. The molecule has 0 saturated carbocycles. The summed E-state index contributed by atoms with van der Waals surface area (Å²) >= 11 is 0. The summed E-state index contributed by atoms with van der Waals surface area (Å²) in [4.78, 5) is 4.42. The Bertz CT molecular complexity index is 813. The Morgan fingerprint density at radius 3 is 2.65 bits per heavy atom. The molecule has 0 fully saturated rings. The molecule has 3 aromatic rings. The molecule has 0 bridgehead atoms. The molecule has 23 heavy (non-hydrogen) atoms. The van der Waals surface area contributed by atoms with Gasteiger partial charge in [0.25, 0.3) is 0 Å². The lowest BCUT2D eigenvalue weighted by Gasteiger charge is -2.09. The van der Waals surface area contributed by atoms with E-state index in [1.807, 2.05) is 41.0 Å². The number of aromatic nitrogens is 3. The molecule has 0 saturated heterocycles. The molecule has 0 atom stereocenters. The maximum absolute atomic E-state index is 5.58. The van der Waals surface area contributed by atoms with Crippen molar-refractivity contribution in [1.82, 2.24) is 14.6 Å². The van der Waals surface area contributed by atoms with Gasteiger partial charge >= 0.3 is 0 Å². The number of hydrogen-bond acceptors (Lipinski definition) is 5. The van der Waals surface area contributed by atoms with E-state index in [0.717, 1.165) is 35.4 Å². The first-order chi connectivity index (χ1) is 11.3. The van der Waals surface area contributed by atoms with Gasteiger partial charge in [-0.25, -0.2) is 9.50 Å². The first-order valence-electron chi connectivity index (χ1n) is 7.53. The van der Waals surface area contributed by atoms with Gasteiger partial charge in [-0.1, -0.05) is 0 Å². The van der Waals surface area contributed by atoms with E-state index in [1.165, 1.54) is 0 Å². The third-order valence-corrected chi connectivity index (χ3v) is 3.73. The summed E-state index contributed by atoms with van der Waals surface area (Å²) in [6, 6.07) is 9.75.